The van der Waals surface area contributed by atoms with Crippen LogP contribution in [0.5, 0.6) is 5.75 Å². The average Bonchev–Trinajstić information content (AvgIpc) is 2.38. The fraction of sp³-hybridized carbons (Fsp3) is 0.0667. The molecule has 20 heavy (non-hydrogen) atoms. The van der Waals surface area contributed by atoms with Crippen molar-refractivity contribution in [2.24, 2.45) is 0 Å². The zero-order chi connectivity index (χ0) is 14.7. The van der Waals surface area contributed by atoms with Crippen molar-refractivity contribution >= 4 is 27.5 Å². The largest absolute Gasteiger partial charge is 0.508 e. The molecular weight excluding hydrogens is 320 g/mol. The molecule has 0 heterocycles. The third kappa shape index (κ3) is 2.98. The van der Waals surface area contributed by atoms with E-state index in [-0.39, 0.29) is 11.7 Å². The second-order valence-electron chi connectivity index (χ2n) is 4.26. The fourth-order valence-electron chi connectivity index (χ4n) is 1.81. The van der Waals surface area contributed by atoms with E-state index in [2.05, 4.69) is 21.2 Å². The molecule has 2 aromatic rings. The summed E-state index contributed by atoms with van der Waals surface area (Å²) >= 11 is 3.30. The number of phenols is 1. The summed E-state index contributed by atoms with van der Waals surface area (Å²) in [6.07, 6.45) is 0. The van der Waals surface area contributed by atoms with Crippen molar-refractivity contribution in [2.75, 3.05) is 5.32 Å². The lowest BCUT2D eigenvalue weighted by Gasteiger charge is -2.09. The van der Waals surface area contributed by atoms with Gasteiger partial charge in [-0.3, -0.25) is 4.79 Å². The van der Waals surface area contributed by atoms with Crippen molar-refractivity contribution in [3.63, 3.8) is 0 Å². The molecule has 0 spiro atoms. The number of aryl methyl sites for hydroxylation is 1. The molecule has 0 atom stereocenters. The second-order valence-corrected chi connectivity index (χ2v) is 5.17. The predicted octanol–water partition coefficient (Wildman–Crippen LogP) is 3.59. The smallest absolute Gasteiger partial charge is 0.255 e. The van der Waals surface area contributed by atoms with E-state index in [0.717, 1.165) is 4.47 Å². The Hall–Kier alpha value is -2.32. The number of hydrogen-bond donors (Lipinski definition) is 2. The molecule has 0 unspecified atom stereocenters. The maximum atomic E-state index is 12.2. The molecule has 1 amide bonds. The molecule has 0 aromatic heterocycles. The lowest BCUT2D eigenvalue weighted by molar-refractivity contribution is 0.102. The lowest BCUT2D eigenvalue weighted by Crippen LogP contribution is -2.14. The molecule has 5 heteroatoms. The van der Waals surface area contributed by atoms with Crippen LogP contribution in [-0.4, -0.2) is 11.0 Å². The Labute approximate surface area is 124 Å². The maximum absolute atomic E-state index is 12.2. The van der Waals surface area contributed by atoms with Gasteiger partial charge in [0.25, 0.3) is 5.91 Å². The fourth-order valence-corrected chi connectivity index (χ4v) is 2.17. The van der Waals surface area contributed by atoms with Gasteiger partial charge in [0.15, 0.2) is 0 Å². The Morgan fingerprint density at radius 1 is 1.30 bits per heavy atom. The summed E-state index contributed by atoms with van der Waals surface area (Å²) in [6, 6.07) is 11.6. The minimum atomic E-state index is -0.322. The summed E-state index contributed by atoms with van der Waals surface area (Å²) in [5, 5.41) is 21.1. The molecule has 0 bridgehead atoms. The molecule has 0 saturated carbocycles. The summed E-state index contributed by atoms with van der Waals surface area (Å²) in [5.41, 5.74) is 1.94. The summed E-state index contributed by atoms with van der Waals surface area (Å²) in [5.74, 6) is -0.212. The molecule has 100 valence electrons. The molecule has 2 rings (SSSR count). The van der Waals surface area contributed by atoms with Crippen LogP contribution in [0.15, 0.2) is 40.9 Å². The standard InChI is InChI=1S/C15H11BrN2O2/c1-9-6-12(19)4-5-13(9)15(20)18-14-7-11(16)3-2-10(14)8-17/h2-7,19H,1H3,(H,18,20). The number of carbonyl (C=O) groups is 1. The highest BCUT2D eigenvalue weighted by atomic mass is 79.9. The zero-order valence-electron chi connectivity index (χ0n) is 10.6. The third-order valence-electron chi connectivity index (χ3n) is 2.80. The number of halogens is 1. The van der Waals surface area contributed by atoms with E-state index in [0.29, 0.717) is 22.4 Å². The first-order valence-electron chi connectivity index (χ1n) is 5.82. The Bertz CT molecular complexity index is 720. The van der Waals surface area contributed by atoms with E-state index in [9.17, 15) is 9.90 Å². The van der Waals surface area contributed by atoms with Crippen molar-refractivity contribution in [2.45, 2.75) is 6.92 Å². The van der Waals surface area contributed by atoms with Crippen molar-refractivity contribution in [3.8, 4) is 11.8 Å². The number of anilines is 1. The lowest BCUT2D eigenvalue weighted by atomic mass is 10.1. The number of nitrogens with zero attached hydrogens (tertiary/aromatic N) is 1. The average molecular weight is 331 g/mol. The van der Waals surface area contributed by atoms with Crippen molar-refractivity contribution in [3.05, 3.63) is 57.6 Å². The molecule has 2 N–H and O–H groups in total. The Kier molecular flexibility index (Phi) is 4.06. The normalized spacial score (nSPS) is 9.85. The quantitative estimate of drug-likeness (QED) is 0.883. The first-order chi connectivity index (χ1) is 9.51. The van der Waals surface area contributed by atoms with Crippen LogP contribution in [0.1, 0.15) is 21.5 Å². The van der Waals surface area contributed by atoms with Crippen LogP contribution in [0, 0.1) is 18.3 Å². The SMILES string of the molecule is Cc1cc(O)ccc1C(=O)Nc1cc(Br)ccc1C#N. The number of benzene rings is 2. The zero-order valence-corrected chi connectivity index (χ0v) is 12.2. The van der Waals surface area contributed by atoms with Gasteiger partial charge in [-0.05, 0) is 48.9 Å². The van der Waals surface area contributed by atoms with Crippen molar-refractivity contribution in [1.29, 1.82) is 5.26 Å². The van der Waals surface area contributed by atoms with E-state index >= 15 is 0 Å². The highest BCUT2D eigenvalue weighted by Crippen LogP contribution is 2.22. The molecule has 0 aliphatic carbocycles. The number of aromatic hydroxyl groups is 1. The van der Waals surface area contributed by atoms with Gasteiger partial charge in [0.05, 0.1) is 11.3 Å². The van der Waals surface area contributed by atoms with Crippen LogP contribution in [0.3, 0.4) is 0 Å². The first-order valence-corrected chi connectivity index (χ1v) is 6.61. The maximum Gasteiger partial charge on any atom is 0.255 e. The Morgan fingerprint density at radius 2 is 2.05 bits per heavy atom. The van der Waals surface area contributed by atoms with Crippen LogP contribution >= 0.6 is 15.9 Å². The highest BCUT2D eigenvalue weighted by Gasteiger charge is 2.12. The van der Waals surface area contributed by atoms with Crippen LogP contribution in [0.4, 0.5) is 5.69 Å². The number of rotatable bonds is 2. The van der Waals surface area contributed by atoms with Crippen molar-refractivity contribution < 1.29 is 9.90 Å². The van der Waals surface area contributed by atoms with Gasteiger partial charge in [-0.2, -0.15) is 5.26 Å². The second kappa shape index (κ2) is 5.76. The summed E-state index contributed by atoms with van der Waals surface area (Å²) < 4.78 is 0.772. The number of carbonyl (C=O) groups excluding carboxylic acids is 1. The molecule has 0 aliphatic rings. The predicted molar refractivity (Wildman–Crippen MR) is 79.7 cm³/mol. The van der Waals surface area contributed by atoms with Gasteiger partial charge < -0.3 is 10.4 Å². The van der Waals surface area contributed by atoms with E-state index in [4.69, 9.17) is 5.26 Å². The number of nitriles is 1. The minimum Gasteiger partial charge on any atom is -0.508 e. The van der Waals surface area contributed by atoms with E-state index < -0.39 is 0 Å². The van der Waals surface area contributed by atoms with Gasteiger partial charge in [0.1, 0.15) is 11.8 Å². The number of phenolic OH excluding ortho intramolecular Hbond substituents is 1. The van der Waals surface area contributed by atoms with Crippen LogP contribution in [-0.2, 0) is 0 Å². The third-order valence-corrected chi connectivity index (χ3v) is 3.30. The van der Waals surface area contributed by atoms with Gasteiger partial charge >= 0.3 is 0 Å². The van der Waals surface area contributed by atoms with Gasteiger partial charge in [0, 0.05) is 10.0 Å². The van der Waals surface area contributed by atoms with E-state index in [1.807, 2.05) is 6.07 Å². The highest BCUT2D eigenvalue weighted by molar-refractivity contribution is 9.10. The van der Waals surface area contributed by atoms with Crippen LogP contribution in [0.2, 0.25) is 0 Å². The summed E-state index contributed by atoms with van der Waals surface area (Å²) in [4.78, 5) is 12.2. The molecule has 0 saturated heterocycles. The van der Waals surface area contributed by atoms with Gasteiger partial charge in [0.2, 0.25) is 0 Å². The van der Waals surface area contributed by atoms with Gasteiger partial charge in [-0.25, -0.2) is 0 Å². The van der Waals surface area contributed by atoms with Gasteiger partial charge in [-0.15, -0.1) is 0 Å². The van der Waals surface area contributed by atoms with Crippen LogP contribution in [0.25, 0.3) is 0 Å². The number of hydrogen-bond acceptors (Lipinski definition) is 3. The van der Waals surface area contributed by atoms with Gasteiger partial charge in [-0.1, -0.05) is 15.9 Å². The first kappa shape index (κ1) is 14.1. The molecule has 0 fully saturated rings. The molecular formula is C15H11BrN2O2. The monoisotopic (exact) mass is 330 g/mol. The number of amides is 1. The molecule has 2 aromatic carbocycles. The summed E-state index contributed by atoms with van der Waals surface area (Å²) in [6.45, 7) is 1.74. The Morgan fingerprint density at radius 3 is 2.70 bits per heavy atom. The molecule has 0 aliphatic heterocycles. The minimum absolute atomic E-state index is 0.110. The van der Waals surface area contributed by atoms with E-state index in [1.165, 1.54) is 12.1 Å². The molecule has 0 radical (unpaired) electrons. The van der Waals surface area contributed by atoms with E-state index in [1.54, 1.807) is 31.2 Å². The number of nitrogens with one attached hydrogen (secondary N) is 1. The van der Waals surface area contributed by atoms with Crippen molar-refractivity contribution in [1.82, 2.24) is 0 Å². The van der Waals surface area contributed by atoms with Crippen LogP contribution < -0.4 is 5.32 Å². The summed E-state index contributed by atoms with van der Waals surface area (Å²) in [7, 11) is 0. The Balaban J connectivity index is 2.33. The topological polar surface area (TPSA) is 73.1 Å². The molecule has 4 nitrogen and oxygen atoms in total.